The molecule has 188 valence electrons. The van der Waals surface area contributed by atoms with Crippen LogP contribution in [-0.4, -0.2) is 60.6 Å². The molecular formula is C26H33N3O6. The molecule has 1 aromatic heterocycles. The highest BCUT2D eigenvalue weighted by Gasteiger charge is 2.36. The van der Waals surface area contributed by atoms with E-state index in [2.05, 4.69) is 5.32 Å². The standard InChI is InChI=1S/C26H33N3O6/c1-17(2)11-12-27-24(31)19-15-28(14-18-8-5-6-10-22(18)34-3)16-20(23(19)30)25(32)29-13-7-9-21(29)26(33)35-4/h5-6,8,10,15-17,21H,7,9,11-14H2,1-4H3,(H,27,31)/t21-/m0/s1. The third kappa shape index (κ3) is 6.09. The monoisotopic (exact) mass is 483 g/mol. The number of ether oxygens (including phenoxy) is 2. The Morgan fingerprint density at radius 2 is 1.83 bits per heavy atom. The predicted molar refractivity (Wildman–Crippen MR) is 131 cm³/mol. The Bertz CT molecular complexity index is 1140. The Morgan fingerprint density at radius 1 is 1.11 bits per heavy atom. The molecule has 9 heteroatoms. The first-order valence-electron chi connectivity index (χ1n) is 11.8. The Hall–Kier alpha value is -3.62. The number of esters is 1. The quantitative estimate of drug-likeness (QED) is 0.549. The van der Waals surface area contributed by atoms with Gasteiger partial charge in [0.05, 0.1) is 20.8 Å². The second-order valence-corrected chi connectivity index (χ2v) is 9.02. The van der Waals surface area contributed by atoms with Gasteiger partial charge in [-0.1, -0.05) is 32.0 Å². The molecule has 0 spiro atoms. The molecular weight excluding hydrogens is 450 g/mol. The number of carbonyl (C=O) groups is 3. The molecule has 1 aliphatic heterocycles. The molecule has 2 heterocycles. The number of para-hydroxylation sites is 1. The summed E-state index contributed by atoms with van der Waals surface area (Å²) in [5.74, 6) is -0.616. The topological polar surface area (TPSA) is 107 Å². The smallest absolute Gasteiger partial charge is 0.328 e. The Kier molecular flexibility index (Phi) is 8.68. The van der Waals surface area contributed by atoms with E-state index in [0.29, 0.717) is 37.6 Å². The van der Waals surface area contributed by atoms with E-state index in [0.717, 1.165) is 12.0 Å². The first-order chi connectivity index (χ1) is 16.8. The van der Waals surface area contributed by atoms with Crippen molar-refractivity contribution in [1.29, 1.82) is 0 Å². The molecule has 3 rings (SSSR count). The SMILES string of the molecule is COC(=O)[C@@H]1CCCN1C(=O)c1cn(Cc2ccccc2OC)cc(C(=O)NCCC(C)C)c1=O. The van der Waals surface area contributed by atoms with E-state index >= 15 is 0 Å². The molecule has 0 unspecified atom stereocenters. The highest BCUT2D eigenvalue weighted by molar-refractivity contribution is 6.00. The lowest BCUT2D eigenvalue weighted by atomic mass is 10.1. The van der Waals surface area contributed by atoms with Crippen molar-refractivity contribution in [3.8, 4) is 5.75 Å². The molecule has 1 aromatic carbocycles. The van der Waals surface area contributed by atoms with Crippen LogP contribution in [0.3, 0.4) is 0 Å². The minimum absolute atomic E-state index is 0.122. The van der Waals surface area contributed by atoms with Crippen LogP contribution in [-0.2, 0) is 16.1 Å². The fourth-order valence-electron chi connectivity index (χ4n) is 4.18. The van der Waals surface area contributed by atoms with Crippen LogP contribution in [0.4, 0.5) is 0 Å². The fourth-order valence-corrected chi connectivity index (χ4v) is 4.18. The van der Waals surface area contributed by atoms with Gasteiger partial charge < -0.3 is 24.3 Å². The zero-order chi connectivity index (χ0) is 25.5. The van der Waals surface area contributed by atoms with Crippen LogP contribution in [0.2, 0.25) is 0 Å². The number of benzene rings is 1. The van der Waals surface area contributed by atoms with Gasteiger partial charge in [0.15, 0.2) is 0 Å². The van der Waals surface area contributed by atoms with Crippen LogP contribution in [0.5, 0.6) is 5.75 Å². The summed E-state index contributed by atoms with van der Waals surface area (Å²) in [6, 6.07) is 6.63. The van der Waals surface area contributed by atoms with Crippen molar-refractivity contribution >= 4 is 17.8 Å². The van der Waals surface area contributed by atoms with Crippen molar-refractivity contribution in [3.63, 3.8) is 0 Å². The van der Waals surface area contributed by atoms with E-state index in [1.165, 1.54) is 24.4 Å². The maximum absolute atomic E-state index is 13.5. The molecule has 2 aromatic rings. The van der Waals surface area contributed by atoms with Crippen LogP contribution < -0.4 is 15.5 Å². The minimum atomic E-state index is -0.752. The summed E-state index contributed by atoms with van der Waals surface area (Å²) in [6.45, 7) is 5.10. The lowest BCUT2D eigenvalue weighted by Gasteiger charge is -2.23. The number of nitrogens with one attached hydrogen (secondary N) is 1. The van der Waals surface area contributed by atoms with E-state index in [1.54, 1.807) is 11.7 Å². The van der Waals surface area contributed by atoms with E-state index < -0.39 is 29.3 Å². The highest BCUT2D eigenvalue weighted by atomic mass is 16.5. The lowest BCUT2D eigenvalue weighted by molar-refractivity contribution is -0.145. The summed E-state index contributed by atoms with van der Waals surface area (Å²) in [5, 5.41) is 2.78. The number of likely N-dealkylation sites (tertiary alicyclic amines) is 1. The van der Waals surface area contributed by atoms with Crippen LogP contribution >= 0.6 is 0 Å². The number of hydrogen-bond donors (Lipinski definition) is 1. The van der Waals surface area contributed by atoms with Gasteiger partial charge in [-0.15, -0.1) is 0 Å². The fraction of sp³-hybridized carbons (Fsp3) is 0.462. The number of hydrogen-bond acceptors (Lipinski definition) is 6. The number of nitrogens with zero attached hydrogens (tertiary/aromatic N) is 2. The first kappa shape index (κ1) is 26.0. The Labute approximate surface area is 205 Å². The Morgan fingerprint density at radius 3 is 2.51 bits per heavy atom. The van der Waals surface area contributed by atoms with Gasteiger partial charge >= 0.3 is 5.97 Å². The van der Waals surface area contributed by atoms with Gasteiger partial charge in [-0.05, 0) is 31.2 Å². The van der Waals surface area contributed by atoms with Crippen LogP contribution in [0.25, 0.3) is 0 Å². The van der Waals surface area contributed by atoms with Crippen LogP contribution in [0.1, 0.15) is 59.4 Å². The molecule has 1 aliphatic rings. The zero-order valence-corrected chi connectivity index (χ0v) is 20.7. The third-order valence-corrected chi connectivity index (χ3v) is 6.09. The molecule has 0 saturated carbocycles. The summed E-state index contributed by atoms with van der Waals surface area (Å²) in [5.41, 5.74) is -0.129. The van der Waals surface area contributed by atoms with E-state index in [4.69, 9.17) is 9.47 Å². The molecule has 9 nitrogen and oxygen atoms in total. The number of rotatable bonds is 9. The maximum atomic E-state index is 13.5. The third-order valence-electron chi connectivity index (χ3n) is 6.09. The minimum Gasteiger partial charge on any atom is -0.496 e. The molecule has 0 bridgehead atoms. The predicted octanol–water partition coefficient (Wildman–Crippen LogP) is 2.46. The van der Waals surface area contributed by atoms with Crippen LogP contribution in [0, 0.1) is 5.92 Å². The molecule has 1 atom stereocenters. The van der Waals surface area contributed by atoms with Gasteiger partial charge in [0.2, 0.25) is 5.43 Å². The van der Waals surface area contributed by atoms with Gasteiger partial charge in [0, 0.05) is 31.0 Å². The van der Waals surface area contributed by atoms with Gasteiger partial charge in [-0.25, -0.2) is 4.79 Å². The van der Waals surface area contributed by atoms with Crippen molar-refractivity contribution in [1.82, 2.24) is 14.8 Å². The van der Waals surface area contributed by atoms with Gasteiger partial charge in [-0.2, -0.15) is 0 Å². The van der Waals surface area contributed by atoms with Gasteiger partial charge in [-0.3, -0.25) is 14.4 Å². The van der Waals surface area contributed by atoms with Gasteiger partial charge in [0.25, 0.3) is 11.8 Å². The molecule has 1 N–H and O–H groups in total. The van der Waals surface area contributed by atoms with Crippen molar-refractivity contribution < 1.29 is 23.9 Å². The van der Waals surface area contributed by atoms with E-state index in [-0.39, 0.29) is 17.7 Å². The summed E-state index contributed by atoms with van der Waals surface area (Å²) in [6.07, 6.45) is 4.74. The van der Waals surface area contributed by atoms with Crippen molar-refractivity contribution in [2.24, 2.45) is 5.92 Å². The summed E-state index contributed by atoms with van der Waals surface area (Å²) in [7, 11) is 2.83. The first-order valence-corrected chi connectivity index (χ1v) is 11.8. The van der Waals surface area contributed by atoms with Crippen molar-refractivity contribution in [2.75, 3.05) is 27.3 Å². The summed E-state index contributed by atoms with van der Waals surface area (Å²) >= 11 is 0. The number of pyridine rings is 1. The van der Waals surface area contributed by atoms with Crippen molar-refractivity contribution in [2.45, 2.75) is 45.7 Å². The molecule has 1 saturated heterocycles. The summed E-state index contributed by atoms with van der Waals surface area (Å²) in [4.78, 5) is 53.3. The number of methoxy groups -OCH3 is 2. The van der Waals surface area contributed by atoms with Crippen molar-refractivity contribution in [3.05, 3.63) is 63.6 Å². The number of amides is 2. The summed E-state index contributed by atoms with van der Waals surface area (Å²) < 4.78 is 11.9. The molecule has 1 fully saturated rings. The van der Waals surface area contributed by atoms with E-state index in [1.807, 2.05) is 38.1 Å². The molecule has 0 radical (unpaired) electrons. The Balaban J connectivity index is 2.02. The lowest BCUT2D eigenvalue weighted by Crippen LogP contribution is -2.43. The molecule has 2 amide bonds. The van der Waals surface area contributed by atoms with Crippen LogP contribution in [0.15, 0.2) is 41.5 Å². The molecule has 35 heavy (non-hydrogen) atoms. The number of carbonyl (C=O) groups excluding carboxylic acids is 3. The van der Waals surface area contributed by atoms with E-state index in [9.17, 15) is 19.2 Å². The van der Waals surface area contributed by atoms with Gasteiger partial charge in [0.1, 0.15) is 22.9 Å². The average molecular weight is 484 g/mol. The second kappa shape index (κ2) is 11.7. The normalized spacial score (nSPS) is 15.2. The molecule has 0 aliphatic carbocycles. The highest BCUT2D eigenvalue weighted by Crippen LogP contribution is 2.22. The largest absolute Gasteiger partial charge is 0.496 e. The maximum Gasteiger partial charge on any atom is 0.328 e. The zero-order valence-electron chi connectivity index (χ0n) is 20.7. The second-order valence-electron chi connectivity index (χ2n) is 9.02. The average Bonchev–Trinajstić information content (AvgIpc) is 3.34. The number of aromatic nitrogens is 1.